The van der Waals surface area contributed by atoms with Crippen molar-refractivity contribution in [3.63, 3.8) is 0 Å². The summed E-state index contributed by atoms with van der Waals surface area (Å²) in [5, 5.41) is 3.37. The summed E-state index contributed by atoms with van der Waals surface area (Å²) in [7, 11) is 8.74. The van der Waals surface area contributed by atoms with Crippen molar-refractivity contribution in [3.8, 4) is 17.2 Å². The number of aliphatic imine (C=N–C) groups is 1. The van der Waals surface area contributed by atoms with Gasteiger partial charge in [0.05, 0.1) is 21.3 Å². The predicted octanol–water partition coefficient (Wildman–Crippen LogP) is 2.92. The fourth-order valence-corrected chi connectivity index (χ4v) is 2.72. The summed E-state index contributed by atoms with van der Waals surface area (Å²) < 4.78 is 16.1. The average Bonchev–Trinajstić information content (AvgIpc) is 2.69. The number of hydrogen-bond acceptors (Lipinski definition) is 4. The number of nitrogens with one attached hydrogen (secondary N) is 1. The molecule has 0 heterocycles. The fraction of sp³-hybridized carbons (Fsp3) is 0.350. The van der Waals surface area contributed by atoms with E-state index < -0.39 is 0 Å². The molecule has 0 atom stereocenters. The van der Waals surface area contributed by atoms with Gasteiger partial charge in [-0.25, -0.2) is 0 Å². The van der Waals surface area contributed by atoms with Gasteiger partial charge in [0.1, 0.15) is 17.2 Å². The van der Waals surface area contributed by atoms with Crippen LogP contribution in [0.4, 0.5) is 0 Å². The summed E-state index contributed by atoms with van der Waals surface area (Å²) in [6.07, 6.45) is 0. The highest BCUT2D eigenvalue weighted by Crippen LogP contribution is 2.25. The highest BCUT2D eigenvalue weighted by atomic mass is 16.5. The van der Waals surface area contributed by atoms with E-state index in [0.29, 0.717) is 13.1 Å². The molecule has 1 N–H and O–H groups in total. The van der Waals surface area contributed by atoms with E-state index in [2.05, 4.69) is 10.3 Å². The van der Waals surface area contributed by atoms with Crippen LogP contribution in [0.2, 0.25) is 0 Å². The molecule has 140 valence electrons. The molecule has 0 unspecified atom stereocenters. The number of benzene rings is 2. The molecule has 2 rings (SSSR count). The summed E-state index contributed by atoms with van der Waals surface area (Å²) >= 11 is 0. The normalized spacial score (nSPS) is 11.0. The van der Waals surface area contributed by atoms with E-state index in [1.165, 1.54) is 0 Å². The molecule has 0 spiro atoms. The highest BCUT2D eigenvalue weighted by Gasteiger charge is 2.12. The Morgan fingerprint density at radius 1 is 0.962 bits per heavy atom. The number of ether oxygens (including phenoxy) is 3. The standard InChI is InChI=1S/C20H27N3O3/c1-21-20(22-13-15-8-6-7-9-18(15)25-4)23(2)14-16-10-11-17(24-3)12-19(16)26-5/h6-12H,13-14H2,1-5H3,(H,21,22). The van der Waals surface area contributed by atoms with Gasteiger partial charge >= 0.3 is 0 Å². The maximum absolute atomic E-state index is 5.48. The van der Waals surface area contributed by atoms with Crippen LogP contribution in [0.3, 0.4) is 0 Å². The largest absolute Gasteiger partial charge is 0.497 e. The molecule has 2 aromatic carbocycles. The van der Waals surface area contributed by atoms with Gasteiger partial charge in [-0.15, -0.1) is 0 Å². The van der Waals surface area contributed by atoms with E-state index in [0.717, 1.165) is 34.3 Å². The third kappa shape index (κ3) is 4.81. The van der Waals surface area contributed by atoms with Crippen LogP contribution in [0.15, 0.2) is 47.5 Å². The van der Waals surface area contributed by atoms with Crippen molar-refractivity contribution in [2.45, 2.75) is 13.1 Å². The van der Waals surface area contributed by atoms with E-state index >= 15 is 0 Å². The van der Waals surface area contributed by atoms with Crippen LogP contribution >= 0.6 is 0 Å². The number of methoxy groups -OCH3 is 3. The minimum absolute atomic E-state index is 0.626. The quantitative estimate of drug-likeness (QED) is 0.610. The summed E-state index contributed by atoms with van der Waals surface area (Å²) in [5.41, 5.74) is 2.13. The minimum atomic E-state index is 0.626. The van der Waals surface area contributed by atoms with Crippen LogP contribution in [0.5, 0.6) is 17.2 Å². The molecule has 0 radical (unpaired) electrons. The average molecular weight is 357 g/mol. The maximum atomic E-state index is 5.48. The topological polar surface area (TPSA) is 55.3 Å². The number of nitrogens with zero attached hydrogens (tertiary/aromatic N) is 2. The zero-order valence-electron chi connectivity index (χ0n) is 16.1. The van der Waals surface area contributed by atoms with Crippen molar-refractivity contribution in [2.24, 2.45) is 4.99 Å². The lowest BCUT2D eigenvalue weighted by Crippen LogP contribution is -2.38. The first-order chi connectivity index (χ1) is 12.6. The zero-order valence-corrected chi connectivity index (χ0v) is 16.1. The second kappa shape index (κ2) is 9.56. The molecule has 0 aliphatic heterocycles. The number of rotatable bonds is 7. The molecule has 0 saturated heterocycles. The third-order valence-corrected chi connectivity index (χ3v) is 4.10. The molecular formula is C20H27N3O3. The second-order valence-electron chi connectivity index (χ2n) is 5.75. The number of guanidine groups is 1. The first-order valence-corrected chi connectivity index (χ1v) is 8.37. The molecule has 6 heteroatoms. The van der Waals surface area contributed by atoms with Gasteiger partial charge in [0.15, 0.2) is 5.96 Å². The lowest BCUT2D eigenvalue weighted by Gasteiger charge is -2.23. The Kier molecular flexibility index (Phi) is 7.14. The zero-order chi connectivity index (χ0) is 18.9. The SMILES string of the molecule is CN=C(NCc1ccccc1OC)N(C)Cc1ccc(OC)cc1OC. The van der Waals surface area contributed by atoms with Gasteiger partial charge < -0.3 is 24.4 Å². The summed E-state index contributed by atoms with van der Waals surface area (Å²) in [6.45, 7) is 1.28. The Labute approximate surface area is 155 Å². The van der Waals surface area contributed by atoms with Gasteiger partial charge in [-0.2, -0.15) is 0 Å². The van der Waals surface area contributed by atoms with Crippen molar-refractivity contribution in [2.75, 3.05) is 35.4 Å². The minimum Gasteiger partial charge on any atom is -0.497 e. The second-order valence-corrected chi connectivity index (χ2v) is 5.75. The Bertz CT molecular complexity index is 747. The fourth-order valence-electron chi connectivity index (χ4n) is 2.72. The summed E-state index contributed by atoms with van der Waals surface area (Å²) in [5.74, 6) is 3.20. The smallest absolute Gasteiger partial charge is 0.193 e. The van der Waals surface area contributed by atoms with Crippen molar-refractivity contribution < 1.29 is 14.2 Å². The molecule has 0 fully saturated rings. The molecule has 26 heavy (non-hydrogen) atoms. The van der Waals surface area contributed by atoms with Crippen LogP contribution in [0.1, 0.15) is 11.1 Å². The van der Waals surface area contributed by atoms with Crippen LogP contribution in [0.25, 0.3) is 0 Å². The Morgan fingerprint density at radius 2 is 1.69 bits per heavy atom. The summed E-state index contributed by atoms with van der Waals surface area (Å²) in [6, 6.07) is 13.7. The van der Waals surface area contributed by atoms with Gasteiger partial charge in [0, 0.05) is 44.4 Å². The molecule has 0 amide bonds. The van der Waals surface area contributed by atoms with Crippen molar-refractivity contribution >= 4 is 5.96 Å². The van der Waals surface area contributed by atoms with E-state index in [4.69, 9.17) is 14.2 Å². The van der Waals surface area contributed by atoms with Gasteiger partial charge in [-0.05, 0) is 18.2 Å². The van der Waals surface area contributed by atoms with E-state index in [1.807, 2.05) is 54.4 Å². The third-order valence-electron chi connectivity index (χ3n) is 4.10. The van der Waals surface area contributed by atoms with Crippen molar-refractivity contribution in [1.29, 1.82) is 0 Å². The Morgan fingerprint density at radius 3 is 2.35 bits per heavy atom. The van der Waals surface area contributed by atoms with Crippen molar-refractivity contribution in [1.82, 2.24) is 10.2 Å². The van der Waals surface area contributed by atoms with Crippen LogP contribution in [-0.2, 0) is 13.1 Å². The predicted molar refractivity (Wildman–Crippen MR) is 104 cm³/mol. The van der Waals surface area contributed by atoms with Gasteiger partial charge in [0.25, 0.3) is 0 Å². The monoisotopic (exact) mass is 357 g/mol. The van der Waals surface area contributed by atoms with Gasteiger partial charge in [-0.1, -0.05) is 18.2 Å². The molecule has 6 nitrogen and oxygen atoms in total. The molecule has 2 aromatic rings. The van der Waals surface area contributed by atoms with E-state index in [1.54, 1.807) is 28.4 Å². The van der Waals surface area contributed by atoms with Crippen LogP contribution in [0, 0.1) is 0 Å². The lowest BCUT2D eigenvalue weighted by molar-refractivity contribution is 0.382. The van der Waals surface area contributed by atoms with Gasteiger partial charge in [-0.3, -0.25) is 4.99 Å². The van der Waals surface area contributed by atoms with Gasteiger partial charge in [0.2, 0.25) is 0 Å². The molecule has 0 aliphatic rings. The van der Waals surface area contributed by atoms with Crippen molar-refractivity contribution in [3.05, 3.63) is 53.6 Å². The molecule has 0 aliphatic carbocycles. The maximum Gasteiger partial charge on any atom is 0.193 e. The Balaban J connectivity index is 2.06. The number of para-hydroxylation sites is 1. The first-order valence-electron chi connectivity index (χ1n) is 8.37. The summed E-state index contributed by atoms with van der Waals surface area (Å²) in [4.78, 5) is 6.41. The molecule has 0 aromatic heterocycles. The number of hydrogen-bond donors (Lipinski definition) is 1. The first kappa shape index (κ1) is 19.4. The Hall–Kier alpha value is -2.89. The van der Waals surface area contributed by atoms with E-state index in [-0.39, 0.29) is 0 Å². The lowest BCUT2D eigenvalue weighted by atomic mass is 10.2. The highest BCUT2D eigenvalue weighted by molar-refractivity contribution is 5.79. The molecule has 0 bridgehead atoms. The van der Waals surface area contributed by atoms with E-state index in [9.17, 15) is 0 Å². The van der Waals surface area contributed by atoms with Crippen LogP contribution < -0.4 is 19.5 Å². The molecular weight excluding hydrogens is 330 g/mol. The molecule has 0 saturated carbocycles. The van der Waals surface area contributed by atoms with Crippen LogP contribution in [-0.4, -0.2) is 46.3 Å².